The molecule has 1 heterocycles. The zero-order valence-electron chi connectivity index (χ0n) is 12.6. The first-order valence-electron chi connectivity index (χ1n) is 7.00. The van der Waals surface area contributed by atoms with Crippen LogP contribution in [0, 0.1) is 0 Å². The maximum atomic E-state index is 12.9. The van der Waals surface area contributed by atoms with Crippen LogP contribution in [0.2, 0.25) is 0 Å². The van der Waals surface area contributed by atoms with E-state index in [9.17, 15) is 31.1 Å². The van der Waals surface area contributed by atoms with Gasteiger partial charge in [0.2, 0.25) is 0 Å². The average molecular weight is 390 g/mol. The lowest BCUT2D eigenvalue weighted by molar-refractivity contribution is -0.143. The molecule has 1 N–H and O–H groups in total. The van der Waals surface area contributed by atoms with Crippen molar-refractivity contribution in [2.24, 2.45) is 0 Å². The zero-order valence-corrected chi connectivity index (χ0v) is 13.4. The number of halogens is 6. The second-order valence-electron chi connectivity index (χ2n) is 5.24. The molecule has 0 radical (unpaired) electrons. The quantitative estimate of drug-likeness (QED) is 0.580. The number of anilines is 1. The molecular weight excluding hydrogens is 382 g/mol. The fourth-order valence-corrected chi connectivity index (χ4v) is 3.04. The largest absolute Gasteiger partial charge is 0.416 e. The molecule has 0 aliphatic carbocycles. The summed E-state index contributed by atoms with van der Waals surface area (Å²) in [6.45, 7) is 0. The Bertz CT molecular complexity index is 912. The van der Waals surface area contributed by atoms with Crippen molar-refractivity contribution in [2.75, 3.05) is 5.32 Å². The van der Waals surface area contributed by atoms with E-state index in [1.807, 2.05) is 0 Å². The number of alkyl halides is 6. The number of nitrogens with one attached hydrogen (secondary N) is 1. The maximum absolute atomic E-state index is 12.9. The topological polar surface area (TPSA) is 42.0 Å². The van der Waals surface area contributed by atoms with Gasteiger partial charge in [-0.25, -0.2) is 4.98 Å². The molecule has 0 saturated heterocycles. The molecule has 1 aromatic heterocycles. The minimum Gasteiger partial charge on any atom is -0.298 e. The van der Waals surface area contributed by atoms with Gasteiger partial charge in [-0.05, 0) is 30.3 Å². The number of para-hydroxylation sites is 1. The van der Waals surface area contributed by atoms with Crippen LogP contribution in [0.15, 0.2) is 42.5 Å². The van der Waals surface area contributed by atoms with E-state index in [4.69, 9.17) is 0 Å². The van der Waals surface area contributed by atoms with Crippen LogP contribution in [0.25, 0.3) is 10.2 Å². The van der Waals surface area contributed by atoms with E-state index < -0.39 is 35.0 Å². The molecule has 10 heteroatoms. The first-order valence-corrected chi connectivity index (χ1v) is 7.82. The molecule has 3 aromatic rings. The molecule has 26 heavy (non-hydrogen) atoms. The molecule has 2 aromatic carbocycles. The van der Waals surface area contributed by atoms with Crippen LogP contribution in [-0.2, 0) is 12.4 Å². The molecule has 0 fully saturated rings. The number of carbonyl (C=O) groups excluding carboxylic acids is 1. The maximum Gasteiger partial charge on any atom is 0.416 e. The van der Waals surface area contributed by atoms with Crippen molar-refractivity contribution >= 4 is 32.6 Å². The third-order valence-corrected chi connectivity index (χ3v) is 4.32. The summed E-state index contributed by atoms with van der Waals surface area (Å²) in [7, 11) is 0. The van der Waals surface area contributed by atoms with E-state index in [0.717, 1.165) is 11.3 Å². The number of thiazole rings is 1. The number of fused-ring (bicyclic) bond motifs is 1. The summed E-state index contributed by atoms with van der Waals surface area (Å²) in [6, 6.07) is 7.52. The highest BCUT2D eigenvalue weighted by Gasteiger charge is 2.37. The molecule has 0 spiro atoms. The Morgan fingerprint density at radius 1 is 0.923 bits per heavy atom. The second kappa shape index (κ2) is 6.27. The number of hydrogen-bond acceptors (Lipinski definition) is 3. The number of amides is 1. The van der Waals surface area contributed by atoms with E-state index in [2.05, 4.69) is 10.3 Å². The van der Waals surface area contributed by atoms with Crippen molar-refractivity contribution < 1.29 is 31.1 Å². The average Bonchev–Trinajstić information content (AvgIpc) is 2.95. The fourth-order valence-electron chi connectivity index (χ4n) is 2.18. The summed E-state index contributed by atoms with van der Waals surface area (Å²) in [4.78, 5) is 16.2. The predicted octanol–water partition coefficient (Wildman–Crippen LogP) is 5.59. The number of hydrogen-bond donors (Lipinski definition) is 1. The molecule has 3 rings (SSSR count). The molecule has 0 atom stereocenters. The van der Waals surface area contributed by atoms with Crippen LogP contribution < -0.4 is 5.32 Å². The van der Waals surface area contributed by atoms with Crippen molar-refractivity contribution in [1.29, 1.82) is 0 Å². The van der Waals surface area contributed by atoms with Gasteiger partial charge in [-0.15, -0.1) is 0 Å². The van der Waals surface area contributed by atoms with Crippen molar-refractivity contribution in [3.8, 4) is 0 Å². The molecule has 0 bridgehead atoms. The molecule has 3 nitrogen and oxygen atoms in total. The SMILES string of the molecule is O=C(Nc1nc2ccccc2s1)c1cc(C(F)(F)F)cc(C(F)(F)F)c1. The minimum atomic E-state index is -5.02. The van der Waals surface area contributed by atoms with Crippen LogP contribution in [-0.4, -0.2) is 10.9 Å². The second-order valence-corrected chi connectivity index (χ2v) is 6.27. The van der Waals surface area contributed by atoms with Gasteiger partial charge in [0, 0.05) is 5.56 Å². The first-order chi connectivity index (χ1) is 12.0. The Labute approximate surface area is 146 Å². The van der Waals surface area contributed by atoms with E-state index in [0.29, 0.717) is 22.3 Å². The van der Waals surface area contributed by atoms with Crippen LogP contribution >= 0.6 is 11.3 Å². The van der Waals surface area contributed by atoms with Gasteiger partial charge in [0.25, 0.3) is 5.91 Å². The summed E-state index contributed by atoms with van der Waals surface area (Å²) >= 11 is 1.05. The number of aromatic nitrogens is 1. The smallest absolute Gasteiger partial charge is 0.298 e. The molecule has 0 aliphatic heterocycles. The molecule has 1 amide bonds. The Balaban J connectivity index is 1.97. The Kier molecular flexibility index (Phi) is 4.39. The third-order valence-electron chi connectivity index (χ3n) is 3.36. The molecular formula is C16H8F6N2OS. The Hall–Kier alpha value is -2.62. The normalized spacial score (nSPS) is 12.4. The summed E-state index contributed by atoms with van der Waals surface area (Å²) in [5.41, 5.74) is -3.32. The van der Waals surface area contributed by atoms with Gasteiger partial charge in [-0.2, -0.15) is 26.3 Å². The number of nitrogens with zero attached hydrogens (tertiary/aromatic N) is 1. The standard InChI is InChI=1S/C16H8F6N2OS/c17-15(18,19)9-5-8(6-10(7-9)16(20,21)22)13(25)24-14-23-11-3-1-2-4-12(11)26-14/h1-7H,(H,23,24,25). The van der Waals surface area contributed by atoms with Gasteiger partial charge in [0.1, 0.15) is 0 Å². The summed E-state index contributed by atoms with van der Waals surface area (Å²) < 4.78 is 77.9. The number of carbonyl (C=O) groups is 1. The Morgan fingerprint density at radius 2 is 1.50 bits per heavy atom. The summed E-state index contributed by atoms with van der Waals surface area (Å²) in [5, 5.41) is 2.31. The highest BCUT2D eigenvalue weighted by molar-refractivity contribution is 7.22. The number of rotatable bonds is 2. The van der Waals surface area contributed by atoms with Crippen LogP contribution in [0.4, 0.5) is 31.5 Å². The van der Waals surface area contributed by atoms with E-state index in [1.165, 1.54) is 0 Å². The monoisotopic (exact) mass is 390 g/mol. The Morgan fingerprint density at radius 3 is 2.04 bits per heavy atom. The van der Waals surface area contributed by atoms with E-state index in [-0.39, 0.29) is 11.2 Å². The third kappa shape index (κ3) is 3.79. The van der Waals surface area contributed by atoms with Crippen LogP contribution in [0.5, 0.6) is 0 Å². The lowest BCUT2D eigenvalue weighted by Gasteiger charge is -2.13. The fraction of sp³-hybridized carbons (Fsp3) is 0.125. The summed E-state index contributed by atoms with van der Waals surface area (Å²) in [6.07, 6.45) is -10.0. The van der Waals surface area contributed by atoms with Crippen LogP contribution in [0.1, 0.15) is 21.5 Å². The summed E-state index contributed by atoms with van der Waals surface area (Å²) in [5.74, 6) is -1.11. The molecule has 0 unspecified atom stereocenters. The minimum absolute atomic E-state index is 0.0333. The van der Waals surface area contributed by atoms with Gasteiger partial charge < -0.3 is 0 Å². The highest BCUT2D eigenvalue weighted by Crippen LogP contribution is 2.36. The van der Waals surface area contributed by atoms with Crippen molar-refractivity contribution in [1.82, 2.24) is 4.98 Å². The van der Waals surface area contributed by atoms with Gasteiger partial charge in [0.15, 0.2) is 5.13 Å². The van der Waals surface area contributed by atoms with Crippen molar-refractivity contribution in [3.05, 3.63) is 59.2 Å². The molecule has 136 valence electrons. The van der Waals surface area contributed by atoms with Gasteiger partial charge in [-0.1, -0.05) is 23.5 Å². The molecule has 0 aliphatic rings. The van der Waals surface area contributed by atoms with Gasteiger partial charge in [0.05, 0.1) is 21.3 Å². The first kappa shape index (κ1) is 18.2. The van der Waals surface area contributed by atoms with E-state index >= 15 is 0 Å². The molecule has 0 saturated carbocycles. The lowest BCUT2D eigenvalue weighted by atomic mass is 10.0. The van der Waals surface area contributed by atoms with Crippen LogP contribution in [0.3, 0.4) is 0 Å². The predicted molar refractivity (Wildman–Crippen MR) is 84.0 cm³/mol. The lowest BCUT2D eigenvalue weighted by Crippen LogP contribution is -2.17. The van der Waals surface area contributed by atoms with Crippen molar-refractivity contribution in [3.63, 3.8) is 0 Å². The van der Waals surface area contributed by atoms with E-state index in [1.54, 1.807) is 24.3 Å². The van der Waals surface area contributed by atoms with Gasteiger partial charge >= 0.3 is 12.4 Å². The highest BCUT2D eigenvalue weighted by atomic mass is 32.1. The number of benzene rings is 2. The van der Waals surface area contributed by atoms with Crippen molar-refractivity contribution in [2.45, 2.75) is 12.4 Å². The zero-order chi connectivity index (χ0) is 19.1. The van der Waals surface area contributed by atoms with Gasteiger partial charge in [-0.3, -0.25) is 10.1 Å².